The van der Waals surface area contributed by atoms with E-state index >= 15 is 0 Å². The summed E-state index contributed by atoms with van der Waals surface area (Å²) in [5, 5.41) is 12.0. The van der Waals surface area contributed by atoms with Crippen LogP contribution in [-0.2, 0) is 5.41 Å². The maximum Gasteiger partial charge on any atom is 0.164 e. The van der Waals surface area contributed by atoms with Crippen LogP contribution in [0.1, 0.15) is 30.5 Å². The zero-order chi connectivity index (χ0) is 32.4. The molecule has 5 heteroatoms. The first-order valence-electron chi connectivity index (χ1n) is 16.1. The summed E-state index contributed by atoms with van der Waals surface area (Å²) in [5.41, 5.74) is 11.7. The number of hydrogen-bond acceptors (Lipinski definition) is 4. The van der Waals surface area contributed by atoms with Crippen LogP contribution in [0.5, 0.6) is 0 Å². The lowest BCUT2D eigenvalue weighted by Gasteiger charge is -2.21. The molecule has 0 aliphatic heterocycles. The van der Waals surface area contributed by atoms with Crippen molar-refractivity contribution in [1.82, 2.24) is 19.5 Å². The molecule has 6 aromatic carbocycles. The first-order valence-corrected chi connectivity index (χ1v) is 16.1. The number of hydrogen-bond donors (Lipinski definition) is 0. The topological polar surface area (TPSA) is 67.4 Å². The Labute approximate surface area is 278 Å². The molecule has 0 bridgehead atoms. The molecule has 2 aromatic heterocycles. The third-order valence-electron chi connectivity index (χ3n) is 9.66. The molecular formula is C43H29N5. The van der Waals surface area contributed by atoms with Gasteiger partial charge in [-0.05, 0) is 47.0 Å². The molecule has 1 aliphatic rings. The molecule has 0 saturated carbocycles. The minimum absolute atomic E-state index is 0.110. The molecule has 0 unspecified atom stereocenters. The van der Waals surface area contributed by atoms with Gasteiger partial charge in [-0.15, -0.1) is 0 Å². The predicted octanol–water partition coefficient (Wildman–Crippen LogP) is 10.1. The van der Waals surface area contributed by atoms with E-state index in [2.05, 4.69) is 109 Å². The average molecular weight is 616 g/mol. The van der Waals surface area contributed by atoms with Crippen LogP contribution in [-0.4, -0.2) is 19.5 Å². The minimum Gasteiger partial charge on any atom is -0.309 e. The van der Waals surface area contributed by atoms with Gasteiger partial charge in [-0.25, -0.2) is 15.0 Å². The Balaban J connectivity index is 1.30. The van der Waals surface area contributed by atoms with Gasteiger partial charge in [0.1, 0.15) is 0 Å². The quantitative estimate of drug-likeness (QED) is 0.198. The van der Waals surface area contributed by atoms with Gasteiger partial charge in [0.25, 0.3) is 0 Å². The Hall–Kier alpha value is -6.38. The monoisotopic (exact) mass is 615 g/mol. The molecule has 2 heterocycles. The standard InChI is InChI=1S/C43H29N5/c1-43(2)35-20-8-6-19-34(35)38-36(43)23-22-33-32-18-7-9-21-37(32)48(39(33)38)31-17-11-16-30(25-31)42-46-40(28-13-4-3-5-14-28)45-41(47-42)29-15-10-12-27(24-29)26-44/h3-25H,1-2H3. The molecule has 9 rings (SSSR count). The van der Waals surface area contributed by atoms with E-state index in [0.29, 0.717) is 23.0 Å². The Morgan fingerprint density at radius 2 is 1.21 bits per heavy atom. The van der Waals surface area contributed by atoms with Crippen molar-refractivity contribution in [3.63, 3.8) is 0 Å². The van der Waals surface area contributed by atoms with E-state index in [1.165, 1.54) is 38.5 Å². The van der Waals surface area contributed by atoms with Gasteiger partial charge >= 0.3 is 0 Å². The molecule has 0 atom stereocenters. The number of nitriles is 1. The van der Waals surface area contributed by atoms with E-state index in [9.17, 15) is 5.26 Å². The smallest absolute Gasteiger partial charge is 0.164 e. The van der Waals surface area contributed by atoms with Crippen molar-refractivity contribution in [3.05, 3.63) is 156 Å². The SMILES string of the molecule is CC1(C)c2ccccc2-c2c1ccc1c3ccccc3n(-c3cccc(-c4nc(-c5ccccc5)nc(-c5cccc(C#N)c5)n4)c3)c21. The summed E-state index contributed by atoms with van der Waals surface area (Å²) in [4.78, 5) is 14.9. The summed E-state index contributed by atoms with van der Waals surface area (Å²) in [6.45, 7) is 4.65. The second-order valence-corrected chi connectivity index (χ2v) is 12.8. The maximum atomic E-state index is 9.58. The normalized spacial score (nSPS) is 12.9. The van der Waals surface area contributed by atoms with Crippen LogP contribution in [0.25, 0.3) is 72.8 Å². The zero-order valence-electron chi connectivity index (χ0n) is 26.5. The Morgan fingerprint density at radius 1 is 0.562 bits per heavy atom. The van der Waals surface area contributed by atoms with Crippen molar-refractivity contribution in [2.75, 3.05) is 0 Å². The second kappa shape index (κ2) is 10.6. The lowest BCUT2D eigenvalue weighted by Crippen LogP contribution is -2.14. The maximum absolute atomic E-state index is 9.58. The van der Waals surface area contributed by atoms with Gasteiger partial charge in [-0.1, -0.05) is 123 Å². The van der Waals surface area contributed by atoms with Crippen molar-refractivity contribution in [3.8, 4) is 57.0 Å². The first kappa shape index (κ1) is 27.9. The van der Waals surface area contributed by atoms with Gasteiger partial charge in [-0.3, -0.25) is 0 Å². The highest BCUT2D eigenvalue weighted by Crippen LogP contribution is 2.52. The molecule has 0 fully saturated rings. The van der Waals surface area contributed by atoms with Gasteiger partial charge in [0.05, 0.1) is 22.7 Å². The highest BCUT2D eigenvalue weighted by atomic mass is 15.0. The Bertz CT molecular complexity index is 2610. The molecule has 0 amide bonds. The number of para-hydroxylation sites is 1. The van der Waals surface area contributed by atoms with Crippen LogP contribution in [0.2, 0.25) is 0 Å². The van der Waals surface area contributed by atoms with Crippen molar-refractivity contribution in [1.29, 1.82) is 5.26 Å². The van der Waals surface area contributed by atoms with Crippen LogP contribution in [0, 0.1) is 11.3 Å². The van der Waals surface area contributed by atoms with Gasteiger partial charge < -0.3 is 4.57 Å². The summed E-state index contributed by atoms with van der Waals surface area (Å²) >= 11 is 0. The number of aromatic nitrogens is 4. The van der Waals surface area contributed by atoms with Gasteiger partial charge in [0.2, 0.25) is 0 Å². The average Bonchev–Trinajstić information content (AvgIpc) is 3.60. The summed E-state index contributed by atoms with van der Waals surface area (Å²) in [6.07, 6.45) is 0. The fourth-order valence-electron chi connectivity index (χ4n) is 7.37. The summed E-state index contributed by atoms with van der Waals surface area (Å²) < 4.78 is 2.40. The van der Waals surface area contributed by atoms with Crippen molar-refractivity contribution in [2.24, 2.45) is 0 Å². The highest BCUT2D eigenvalue weighted by molar-refractivity contribution is 6.15. The summed E-state index contributed by atoms with van der Waals surface area (Å²) in [6, 6.07) is 50.2. The van der Waals surface area contributed by atoms with Crippen molar-refractivity contribution < 1.29 is 0 Å². The number of fused-ring (bicyclic) bond motifs is 7. The molecular weight excluding hydrogens is 587 g/mol. The molecule has 0 saturated heterocycles. The van der Waals surface area contributed by atoms with E-state index in [1.807, 2.05) is 48.5 Å². The van der Waals surface area contributed by atoms with Gasteiger partial charge in [0.15, 0.2) is 17.5 Å². The summed E-state index contributed by atoms with van der Waals surface area (Å²) in [5.74, 6) is 1.67. The molecule has 0 spiro atoms. The Kier molecular flexibility index (Phi) is 6.15. The van der Waals surface area contributed by atoms with Crippen LogP contribution >= 0.6 is 0 Å². The third-order valence-corrected chi connectivity index (χ3v) is 9.66. The van der Waals surface area contributed by atoms with Crippen LogP contribution in [0.4, 0.5) is 0 Å². The lowest BCUT2D eigenvalue weighted by atomic mass is 9.82. The minimum atomic E-state index is -0.110. The molecule has 0 radical (unpaired) electrons. The first-order chi connectivity index (χ1) is 23.5. The zero-order valence-corrected chi connectivity index (χ0v) is 26.5. The fourth-order valence-corrected chi connectivity index (χ4v) is 7.37. The fraction of sp³-hybridized carbons (Fsp3) is 0.0698. The molecule has 5 nitrogen and oxygen atoms in total. The largest absolute Gasteiger partial charge is 0.309 e. The number of rotatable bonds is 4. The van der Waals surface area contributed by atoms with Gasteiger partial charge in [0, 0.05) is 44.1 Å². The van der Waals surface area contributed by atoms with E-state index in [1.54, 1.807) is 6.07 Å². The highest BCUT2D eigenvalue weighted by Gasteiger charge is 2.37. The van der Waals surface area contributed by atoms with Crippen molar-refractivity contribution >= 4 is 21.8 Å². The van der Waals surface area contributed by atoms with Crippen molar-refractivity contribution in [2.45, 2.75) is 19.3 Å². The molecule has 48 heavy (non-hydrogen) atoms. The Morgan fingerprint density at radius 3 is 2.00 bits per heavy atom. The lowest BCUT2D eigenvalue weighted by molar-refractivity contribution is 0.661. The van der Waals surface area contributed by atoms with E-state index in [0.717, 1.165) is 27.9 Å². The third kappa shape index (κ3) is 4.20. The molecule has 8 aromatic rings. The van der Waals surface area contributed by atoms with E-state index in [-0.39, 0.29) is 5.41 Å². The predicted molar refractivity (Wildman–Crippen MR) is 193 cm³/mol. The number of nitrogens with zero attached hydrogens (tertiary/aromatic N) is 5. The van der Waals surface area contributed by atoms with Crippen LogP contribution in [0.15, 0.2) is 140 Å². The van der Waals surface area contributed by atoms with Crippen LogP contribution < -0.4 is 0 Å². The molecule has 226 valence electrons. The molecule has 1 aliphatic carbocycles. The molecule has 0 N–H and O–H groups in total. The summed E-state index contributed by atoms with van der Waals surface area (Å²) in [7, 11) is 0. The van der Waals surface area contributed by atoms with Crippen LogP contribution in [0.3, 0.4) is 0 Å². The van der Waals surface area contributed by atoms with E-state index in [4.69, 9.17) is 15.0 Å². The van der Waals surface area contributed by atoms with Gasteiger partial charge in [-0.2, -0.15) is 5.26 Å². The second-order valence-electron chi connectivity index (χ2n) is 12.8. The number of benzene rings is 6. The van der Waals surface area contributed by atoms with E-state index < -0.39 is 0 Å².